The summed E-state index contributed by atoms with van der Waals surface area (Å²) in [4.78, 5) is 13.8. The van der Waals surface area contributed by atoms with Crippen LogP contribution in [0.5, 0.6) is 0 Å². The van der Waals surface area contributed by atoms with Crippen molar-refractivity contribution in [2.45, 2.75) is 45.6 Å². The molecule has 7 heteroatoms. The van der Waals surface area contributed by atoms with E-state index in [1.54, 1.807) is 6.92 Å². The zero-order valence-electron chi connectivity index (χ0n) is 12.0. The minimum Gasteiger partial charge on any atom is -0.338 e. The first kappa shape index (κ1) is 16.2. The van der Waals surface area contributed by atoms with Crippen molar-refractivity contribution in [2.24, 2.45) is 0 Å². The van der Waals surface area contributed by atoms with Gasteiger partial charge in [-0.3, -0.25) is 0 Å². The van der Waals surface area contributed by atoms with Crippen LogP contribution in [0.3, 0.4) is 0 Å². The van der Waals surface area contributed by atoms with Crippen molar-refractivity contribution in [2.75, 3.05) is 25.4 Å². The summed E-state index contributed by atoms with van der Waals surface area (Å²) < 4.78 is 24.8. The molecular formula is C12H25N3O3S. The third-order valence-corrected chi connectivity index (χ3v) is 4.88. The topological polar surface area (TPSA) is 78.5 Å². The van der Waals surface area contributed by atoms with Crippen LogP contribution >= 0.6 is 0 Å². The number of likely N-dealkylation sites (tertiary alicyclic amines) is 1. The summed E-state index contributed by atoms with van der Waals surface area (Å²) in [6.45, 7) is 7.36. The third kappa shape index (κ3) is 4.99. The predicted molar refractivity (Wildman–Crippen MR) is 75.5 cm³/mol. The highest BCUT2D eigenvalue weighted by atomic mass is 32.2. The minimum absolute atomic E-state index is 0.0548. The molecule has 2 N–H and O–H groups in total. The van der Waals surface area contributed by atoms with E-state index in [0.29, 0.717) is 19.5 Å². The van der Waals surface area contributed by atoms with Crippen LogP contribution in [0.4, 0.5) is 4.79 Å². The molecule has 0 aromatic carbocycles. The second kappa shape index (κ2) is 6.56. The van der Waals surface area contributed by atoms with Gasteiger partial charge in [0.15, 0.2) is 0 Å². The molecule has 0 atom stereocenters. The molecule has 0 unspecified atom stereocenters. The number of sulfonamides is 1. The molecule has 19 heavy (non-hydrogen) atoms. The summed E-state index contributed by atoms with van der Waals surface area (Å²) in [5, 5.41) is 2.84. The number of nitrogens with one attached hydrogen (secondary N) is 2. The lowest BCUT2D eigenvalue weighted by molar-refractivity contribution is 0.165. The monoisotopic (exact) mass is 291 g/mol. The molecule has 0 aromatic heterocycles. The van der Waals surface area contributed by atoms with E-state index in [1.807, 2.05) is 4.90 Å². The third-order valence-electron chi connectivity index (χ3n) is 3.48. The minimum atomic E-state index is -3.13. The number of amides is 2. The van der Waals surface area contributed by atoms with Gasteiger partial charge in [0, 0.05) is 25.2 Å². The van der Waals surface area contributed by atoms with Gasteiger partial charge in [-0.15, -0.1) is 0 Å². The van der Waals surface area contributed by atoms with Crippen LogP contribution in [-0.4, -0.2) is 50.3 Å². The van der Waals surface area contributed by atoms with Crippen molar-refractivity contribution in [3.05, 3.63) is 0 Å². The molecular weight excluding hydrogens is 266 g/mol. The molecule has 0 spiro atoms. The lowest BCUT2D eigenvalue weighted by Gasteiger charge is -2.31. The summed E-state index contributed by atoms with van der Waals surface area (Å²) in [6.07, 6.45) is 2.66. The molecule has 1 heterocycles. The number of urea groups is 1. The number of hydrogen-bond donors (Lipinski definition) is 2. The Labute approximate surface area is 116 Å². The molecule has 1 fully saturated rings. The van der Waals surface area contributed by atoms with Gasteiger partial charge >= 0.3 is 6.03 Å². The van der Waals surface area contributed by atoms with Crippen LogP contribution in [0, 0.1) is 0 Å². The van der Waals surface area contributed by atoms with E-state index >= 15 is 0 Å². The fourth-order valence-corrected chi connectivity index (χ4v) is 2.85. The first-order valence-electron chi connectivity index (χ1n) is 6.81. The molecule has 112 valence electrons. The summed E-state index contributed by atoms with van der Waals surface area (Å²) >= 11 is 0. The highest BCUT2D eigenvalue weighted by molar-refractivity contribution is 7.89. The van der Waals surface area contributed by atoms with Gasteiger partial charge in [0.1, 0.15) is 0 Å². The standard InChI is InChI=1S/C12H25N3O3S/c1-4-19(17,18)14-9-6-8-13-11(16)15-10-5-7-12(15,2)3/h14H,4-10H2,1-3H3,(H,13,16). The molecule has 0 bridgehead atoms. The summed E-state index contributed by atoms with van der Waals surface area (Å²) in [5.41, 5.74) is -0.0755. The Hall–Kier alpha value is -0.820. The Morgan fingerprint density at radius 1 is 1.32 bits per heavy atom. The zero-order chi connectivity index (χ0) is 14.5. The van der Waals surface area contributed by atoms with Crippen LogP contribution < -0.4 is 10.0 Å². The molecule has 0 aromatic rings. The average Bonchev–Trinajstić information content (AvgIpc) is 2.68. The van der Waals surface area contributed by atoms with Crippen LogP contribution in [0.15, 0.2) is 0 Å². The quantitative estimate of drug-likeness (QED) is 0.714. The van der Waals surface area contributed by atoms with Gasteiger partial charge in [-0.1, -0.05) is 0 Å². The second-order valence-corrected chi connectivity index (χ2v) is 7.55. The van der Waals surface area contributed by atoms with Gasteiger partial charge in [-0.2, -0.15) is 0 Å². The lowest BCUT2D eigenvalue weighted by atomic mass is 10.0. The van der Waals surface area contributed by atoms with Crippen LogP contribution in [0.25, 0.3) is 0 Å². The largest absolute Gasteiger partial charge is 0.338 e. The van der Waals surface area contributed by atoms with Crippen molar-refractivity contribution < 1.29 is 13.2 Å². The highest BCUT2D eigenvalue weighted by Crippen LogP contribution is 2.27. The molecule has 2 amide bonds. The Bertz CT molecular complexity index is 406. The summed E-state index contributed by atoms with van der Waals surface area (Å²) in [7, 11) is -3.13. The van der Waals surface area contributed by atoms with Gasteiger partial charge < -0.3 is 10.2 Å². The van der Waals surface area contributed by atoms with Crippen molar-refractivity contribution in [1.29, 1.82) is 0 Å². The Balaban J connectivity index is 2.21. The van der Waals surface area contributed by atoms with E-state index in [4.69, 9.17) is 0 Å². The van der Waals surface area contributed by atoms with E-state index in [2.05, 4.69) is 23.9 Å². The van der Waals surface area contributed by atoms with E-state index in [9.17, 15) is 13.2 Å². The molecule has 1 rings (SSSR count). The van der Waals surface area contributed by atoms with Crippen molar-refractivity contribution in [3.8, 4) is 0 Å². The first-order valence-corrected chi connectivity index (χ1v) is 8.46. The number of hydrogen-bond acceptors (Lipinski definition) is 3. The average molecular weight is 291 g/mol. The summed E-state index contributed by atoms with van der Waals surface area (Å²) in [6, 6.07) is -0.0548. The predicted octanol–water partition coefficient (Wildman–Crippen LogP) is 0.900. The van der Waals surface area contributed by atoms with Crippen molar-refractivity contribution in [1.82, 2.24) is 14.9 Å². The zero-order valence-corrected chi connectivity index (χ0v) is 12.8. The Morgan fingerprint density at radius 3 is 2.53 bits per heavy atom. The van der Waals surface area contributed by atoms with Crippen molar-refractivity contribution >= 4 is 16.1 Å². The van der Waals surface area contributed by atoms with Crippen molar-refractivity contribution in [3.63, 3.8) is 0 Å². The number of carbonyl (C=O) groups is 1. The molecule has 0 radical (unpaired) electrons. The fraction of sp³-hybridized carbons (Fsp3) is 0.917. The molecule has 1 aliphatic heterocycles. The van der Waals surface area contributed by atoms with E-state index in [1.165, 1.54) is 0 Å². The molecule has 1 aliphatic rings. The van der Waals surface area contributed by atoms with Gasteiger partial charge in [-0.25, -0.2) is 17.9 Å². The molecule has 0 aliphatic carbocycles. The van der Waals surface area contributed by atoms with E-state index in [-0.39, 0.29) is 17.3 Å². The fourth-order valence-electron chi connectivity index (χ4n) is 2.19. The molecule has 1 saturated heterocycles. The SMILES string of the molecule is CCS(=O)(=O)NCCCNC(=O)N1CCCC1(C)C. The Morgan fingerprint density at radius 2 is 2.00 bits per heavy atom. The van der Waals surface area contributed by atoms with Crippen LogP contribution in [-0.2, 0) is 10.0 Å². The lowest BCUT2D eigenvalue weighted by Crippen LogP contribution is -2.48. The maximum Gasteiger partial charge on any atom is 0.317 e. The molecule has 6 nitrogen and oxygen atoms in total. The number of rotatable bonds is 6. The smallest absolute Gasteiger partial charge is 0.317 e. The summed E-state index contributed by atoms with van der Waals surface area (Å²) in [5.74, 6) is 0.0846. The maximum atomic E-state index is 12.0. The van der Waals surface area contributed by atoms with Gasteiger partial charge in [-0.05, 0) is 40.0 Å². The Kier molecular flexibility index (Phi) is 5.61. The van der Waals surface area contributed by atoms with E-state index < -0.39 is 10.0 Å². The molecule has 0 saturated carbocycles. The number of carbonyl (C=O) groups excluding carboxylic acids is 1. The van der Waals surface area contributed by atoms with Gasteiger partial charge in [0.2, 0.25) is 10.0 Å². The maximum absolute atomic E-state index is 12.0. The number of nitrogens with zero attached hydrogens (tertiary/aromatic N) is 1. The van der Waals surface area contributed by atoms with E-state index in [0.717, 1.165) is 19.4 Å². The van der Waals surface area contributed by atoms with Crippen LogP contribution in [0.1, 0.15) is 40.0 Å². The first-order chi connectivity index (χ1) is 8.78. The van der Waals surface area contributed by atoms with Gasteiger partial charge in [0.25, 0.3) is 0 Å². The van der Waals surface area contributed by atoms with Gasteiger partial charge in [0.05, 0.1) is 5.75 Å². The normalized spacial score (nSPS) is 18.6. The second-order valence-electron chi connectivity index (χ2n) is 5.45. The highest BCUT2D eigenvalue weighted by Gasteiger charge is 2.35. The van der Waals surface area contributed by atoms with Crippen LogP contribution in [0.2, 0.25) is 0 Å².